The maximum Gasteiger partial charge on any atom is 0.207 e. The zero-order valence-electron chi connectivity index (χ0n) is 4.93. The molecular formula is C5H6ClNOS. The molecule has 0 saturated heterocycles. The fourth-order valence-corrected chi connectivity index (χ4v) is 1.49. The minimum Gasteiger partial charge on any atom is -0.290 e. The number of rotatable bonds is 1. The smallest absolute Gasteiger partial charge is 0.207 e. The number of hydrogen-bond donors (Lipinski definition) is 0. The molecule has 0 saturated carbocycles. The van der Waals surface area contributed by atoms with Crippen molar-refractivity contribution < 1.29 is 4.79 Å². The maximum atomic E-state index is 10.9. The van der Waals surface area contributed by atoms with Crippen LogP contribution in [0.1, 0.15) is 13.3 Å². The first-order valence-corrected chi connectivity index (χ1v) is 3.94. The summed E-state index contributed by atoms with van der Waals surface area (Å²) in [6.45, 7) is 1.90. The van der Waals surface area contributed by atoms with E-state index in [2.05, 4.69) is 4.40 Å². The van der Waals surface area contributed by atoms with Gasteiger partial charge in [0.2, 0.25) is 5.78 Å². The third kappa shape index (κ3) is 1.27. The van der Waals surface area contributed by atoms with Crippen molar-refractivity contribution in [3.8, 4) is 0 Å². The minimum atomic E-state index is -0.458. The van der Waals surface area contributed by atoms with Crippen LogP contribution in [-0.2, 0) is 4.79 Å². The number of Topliss-reactive ketones (excluding diaryl/α,β-unsaturated/α-hetero) is 1. The van der Waals surface area contributed by atoms with E-state index in [4.69, 9.17) is 11.6 Å². The molecule has 1 heterocycles. The van der Waals surface area contributed by atoms with Gasteiger partial charge in [0.1, 0.15) is 0 Å². The van der Waals surface area contributed by atoms with E-state index in [1.807, 2.05) is 6.92 Å². The van der Waals surface area contributed by atoms with E-state index in [1.54, 1.807) is 0 Å². The minimum absolute atomic E-state index is 0.0239. The molecule has 0 aromatic carbocycles. The van der Waals surface area contributed by atoms with Crippen LogP contribution >= 0.6 is 23.5 Å². The van der Waals surface area contributed by atoms with E-state index in [0.29, 0.717) is 12.1 Å². The number of hydrogen-bond acceptors (Lipinski definition) is 3. The van der Waals surface area contributed by atoms with Gasteiger partial charge in [-0.15, -0.1) is 11.6 Å². The summed E-state index contributed by atoms with van der Waals surface area (Å²) in [7, 11) is 0. The maximum absolute atomic E-state index is 10.9. The lowest BCUT2D eigenvalue weighted by Gasteiger charge is -1.90. The van der Waals surface area contributed by atoms with Crippen molar-refractivity contribution in [2.75, 3.05) is 0 Å². The van der Waals surface area contributed by atoms with Crippen molar-refractivity contribution in [2.45, 2.75) is 18.1 Å². The molecule has 0 spiro atoms. The van der Waals surface area contributed by atoms with Gasteiger partial charge in [-0.05, 0) is 6.42 Å². The molecule has 1 rings (SSSR count). The van der Waals surface area contributed by atoms with Gasteiger partial charge >= 0.3 is 0 Å². The highest BCUT2D eigenvalue weighted by atomic mass is 35.5. The van der Waals surface area contributed by atoms with Crippen molar-refractivity contribution in [1.29, 1.82) is 0 Å². The Morgan fingerprint density at radius 3 is 2.78 bits per heavy atom. The average Bonchev–Trinajstić information content (AvgIpc) is 2.15. The van der Waals surface area contributed by atoms with E-state index in [0.717, 1.165) is 11.9 Å². The summed E-state index contributed by atoms with van der Waals surface area (Å²) in [5.74, 6) is -0.0239. The Bertz CT molecular complexity index is 168. The summed E-state index contributed by atoms with van der Waals surface area (Å²) in [6.07, 6.45) is 0.690. The Hall–Kier alpha value is -0.0200. The van der Waals surface area contributed by atoms with Gasteiger partial charge in [-0.2, -0.15) is 0 Å². The first-order chi connectivity index (χ1) is 4.25. The first-order valence-electron chi connectivity index (χ1n) is 2.66. The lowest BCUT2D eigenvalue weighted by Crippen LogP contribution is -2.14. The quantitative estimate of drug-likeness (QED) is 0.435. The Morgan fingerprint density at radius 2 is 2.56 bits per heavy atom. The highest BCUT2D eigenvalue weighted by Crippen LogP contribution is 2.25. The van der Waals surface area contributed by atoms with Gasteiger partial charge in [0.15, 0.2) is 4.71 Å². The lowest BCUT2D eigenvalue weighted by molar-refractivity contribution is -0.111. The summed E-state index contributed by atoms with van der Waals surface area (Å²) < 4.78 is 3.41. The predicted molar refractivity (Wildman–Crippen MR) is 40.0 cm³/mol. The molecular weight excluding hydrogens is 158 g/mol. The fourth-order valence-electron chi connectivity index (χ4n) is 0.573. The second-order valence-electron chi connectivity index (χ2n) is 1.68. The normalized spacial score (nSPS) is 26.7. The van der Waals surface area contributed by atoms with Crippen LogP contribution in [-0.4, -0.2) is 16.2 Å². The number of nitrogens with zero attached hydrogens (tertiary/aromatic N) is 1. The van der Waals surface area contributed by atoms with Crippen LogP contribution in [0, 0.1) is 0 Å². The monoisotopic (exact) mass is 163 g/mol. The highest BCUT2D eigenvalue weighted by molar-refractivity contribution is 8.01. The van der Waals surface area contributed by atoms with Crippen LogP contribution in [0.15, 0.2) is 4.40 Å². The number of ketones is 1. The van der Waals surface area contributed by atoms with Gasteiger partial charge in [-0.25, -0.2) is 4.40 Å². The Balaban J connectivity index is 2.67. The van der Waals surface area contributed by atoms with Crippen LogP contribution in [0.3, 0.4) is 0 Å². The zero-order chi connectivity index (χ0) is 6.85. The number of halogens is 1. The van der Waals surface area contributed by atoms with Gasteiger partial charge in [-0.3, -0.25) is 4.79 Å². The van der Waals surface area contributed by atoms with Gasteiger partial charge < -0.3 is 0 Å². The molecule has 0 bridgehead atoms. The molecule has 0 aliphatic carbocycles. The molecule has 2 nitrogen and oxygen atoms in total. The molecule has 1 unspecified atom stereocenters. The summed E-state index contributed by atoms with van der Waals surface area (Å²) in [6, 6.07) is 0. The van der Waals surface area contributed by atoms with Crippen LogP contribution in [0.25, 0.3) is 0 Å². The summed E-state index contributed by atoms with van der Waals surface area (Å²) in [4.78, 5) is 10.9. The zero-order valence-corrected chi connectivity index (χ0v) is 6.50. The van der Waals surface area contributed by atoms with Gasteiger partial charge in [0, 0.05) is 11.9 Å². The molecule has 0 radical (unpaired) electrons. The third-order valence-electron chi connectivity index (χ3n) is 1.08. The Labute approximate surface area is 62.8 Å². The van der Waals surface area contributed by atoms with Crippen LogP contribution in [0.4, 0.5) is 0 Å². The molecule has 1 atom stereocenters. The Kier molecular flexibility index (Phi) is 2.13. The largest absolute Gasteiger partial charge is 0.290 e. The van der Waals surface area contributed by atoms with Gasteiger partial charge in [0.05, 0.1) is 5.71 Å². The van der Waals surface area contributed by atoms with E-state index >= 15 is 0 Å². The molecule has 1 aliphatic heterocycles. The molecule has 0 amide bonds. The summed E-state index contributed by atoms with van der Waals surface area (Å²) in [5.41, 5.74) is 0.611. The topological polar surface area (TPSA) is 29.4 Å². The average molecular weight is 164 g/mol. The van der Waals surface area contributed by atoms with Crippen molar-refractivity contribution in [2.24, 2.45) is 4.40 Å². The summed E-state index contributed by atoms with van der Waals surface area (Å²) in [5, 5.41) is 0. The van der Waals surface area contributed by atoms with Crippen molar-refractivity contribution in [1.82, 2.24) is 0 Å². The van der Waals surface area contributed by atoms with Crippen molar-refractivity contribution in [3.05, 3.63) is 0 Å². The van der Waals surface area contributed by atoms with Gasteiger partial charge in [-0.1, -0.05) is 6.92 Å². The molecule has 0 aromatic heterocycles. The molecule has 0 N–H and O–H groups in total. The number of alkyl halides is 1. The first kappa shape index (κ1) is 7.09. The molecule has 4 heteroatoms. The number of carbonyl (C=O) groups is 1. The van der Waals surface area contributed by atoms with Crippen LogP contribution in [0.2, 0.25) is 0 Å². The second kappa shape index (κ2) is 2.71. The SMILES string of the molecule is CCC1=NSC(Cl)C1=O. The van der Waals surface area contributed by atoms with E-state index in [1.165, 1.54) is 0 Å². The highest BCUT2D eigenvalue weighted by Gasteiger charge is 2.26. The molecule has 0 aromatic rings. The second-order valence-corrected chi connectivity index (χ2v) is 3.24. The van der Waals surface area contributed by atoms with Crippen molar-refractivity contribution >= 4 is 35.0 Å². The number of carbonyl (C=O) groups excluding carboxylic acids is 1. The Morgan fingerprint density at radius 1 is 1.89 bits per heavy atom. The predicted octanol–water partition coefficient (Wildman–Crippen LogP) is 1.63. The van der Waals surface area contributed by atoms with Crippen molar-refractivity contribution in [3.63, 3.8) is 0 Å². The summed E-state index contributed by atoms with van der Waals surface area (Å²) >= 11 is 6.68. The molecule has 50 valence electrons. The fraction of sp³-hybridized carbons (Fsp3) is 0.600. The van der Waals surface area contributed by atoms with Gasteiger partial charge in [0.25, 0.3) is 0 Å². The molecule has 0 fully saturated rings. The third-order valence-corrected chi connectivity index (χ3v) is 2.24. The van der Waals surface area contributed by atoms with E-state index < -0.39 is 4.71 Å². The van der Waals surface area contributed by atoms with Crippen LogP contribution in [0.5, 0.6) is 0 Å². The lowest BCUT2D eigenvalue weighted by atomic mass is 10.2. The molecule has 1 aliphatic rings. The van der Waals surface area contributed by atoms with Crippen LogP contribution < -0.4 is 0 Å². The molecule has 9 heavy (non-hydrogen) atoms. The van der Waals surface area contributed by atoms with E-state index in [-0.39, 0.29) is 5.78 Å². The van der Waals surface area contributed by atoms with E-state index in [9.17, 15) is 4.79 Å². The standard InChI is InChI=1S/C5H6ClNOS/c1-2-3-4(8)5(6)9-7-3/h5H,2H2,1H3.